The van der Waals surface area contributed by atoms with Crippen molar-refractivity contribution in [3.63, 3.8) is 0 Å². The van der Waals surface area contributed by atoms with Crippen molar-refractivity contribution in [1.29, 1.82) is 0 Å². The molecule has 0 radical (unpaired) electrons. The number of methoxy groups -OCH3 is 1. The lowest BCUT2D eigenvalue weighted by molar-refractivity contribution is -0.119. The van der Waals surface area contributed by atoms with Gasteiger partial charge in [0.25, 0.3) is 0 Å². The second-order valence-electron chi connectivity index (χ2n) is 10.8. The fourth-order valence-electron chi connectivity index (χ4n) is 5.25. The Hall–Kier alpha value is -4.27. The Morgan fingerprint density at radius 3 is 2.24 bits per heavy atom. The van der Waals surface area contributed by atoms with Gasteiger partial charge in [-0.05, 0) is 67.1 Å². The van der Waals surface area contributed by atoms with Crippen molar-refractivity contribution in [2.75, 3.05) is 64.1 Å². The van der Waals surface area contributed by atoms with Crippen LogP contribution in [0.25, 0.3) is 11.3 Å². The molecule has 0 atom stereocenters. The number of ketones is 1. The summed E-state index contributed by atoms with van der Waals surface area (Å²) in [5.41, 5.74) is 6.76. The number of esters is 1. The van der Waals surface area contributed by atoms with Gasteiger partial charge in [0.2, 0.25) is 5.91 Å². The van der Waals surface area contributed by atoms with Crippen molar-refractivity contribution < 1.29 is 19.1 Å². The highest BCUT2D eigenvalue weighted by Crippen LogP contribution is 2.37. The fraction of sp³-hybridized carbons (Fsp3) is 0.303. The number of fused-ring (bicyclic) bond motifs is 1. The molecule has 8 nitrogen and oxygen atoms in total. The number of likely N-dealkylation sites (N-methyl/N-ethyl adjacent to an activating group) is 2. The lowest BCUT2D eigenvalue weighted by atomic mass is 9.98. The van der Waals surface area contributed by atoms with Crippen LogP contribution >= 0.6 is 0 Å². The third-order valence-electron chi connectivity index (χ3n) is 7.87. The van der Waals surface area contributed by atoms with Crippen LogP contribution in [0.5, 0.6) is 0 Å². The Balaban J connectivity index is 1.43. The molecule has 41 heavy (non-hydrogen) atoms. The summed E-state index contributed by atoms with van der Waals surface area (Å²) in [5, 5.41) is 3.48. The molecule has 1 N–H and O–H groups in total. The summed E-state index contributed by atoms with van der Waals surface area (Å²) in [6, 6.07) is 20.9. The summed E-state index contributed by atoms with van der Waals surface area (Å²) in [6.07, 6.45) is 0.266. The van der Waals surface area contributed by atoms with E-state index in [-0.39, 0.29) is 18.1 Å². The van der Waals surface area contributed by atoms with Crippen LogP contribution in [0.1, 0.15) is 32.6 Å². The number of amides is 1. The number of piperazine rings is 1. The van der Waals surface area contributed by atoms with Crippen LogP contribution in [-0.2, 0) is 20.7 Å². The highest BCUT2D eigenvalue weighted by Gasteiger charge is 2.30. The molecule has 1 fully saturated rings. The minimum atomic E-state index is -0.446. The lowest BCUT2D eigenvalue weighted by Crippen LogP contribution is -2.48. The van der Waals surface area contributed by atoms with Crippen molar-refractivity contribution >= 4 is 40.3 Å². The summed E-state index contributed by atoms with van der Waals surface area (Å²) in [5.74, 6) is -0.415. The normalized spacial score (nSPS) is 16.7. The van der Waals surface area contributed by atoms with Crippen LogP contribution in [-0.4, -0.2) is 81.4 Å². The van der Waals surface area contributed by atoms with E-state index in [1.807, 2.05) is 61.5 Å². The molecular weight excluding hydrogens is 516 g/mol. The number of nitrogens with zero attached hydrogens (tertiary/aromatic N) is 3. The number of anilines is 2. The topological polar surface area (TPSA) is 82.2 Å². The lowest BCUT2D eigenvalue weighted by Gasteiger charge is -2.32. The summed E-state index contributed by atoms with van der Waals surface area (Å²) >= 11 is 0. The number of benzene rings is 3. The van der Waals surface area contributed by atoms with E-state index in [0.717, 1.165) is 59.8 Å². The maximum absolute atomic E-state index is 13.4. The number of nitrogens with one attached hydrogen (secondary N) is 1. The van der Waals surface area contributed by atoms with Gasteiger partial charge in [-0.25, -0.2) is 4.79 Å². The molecule has 3 aromatic carbocycles. The first-order chi connectivity index (χ1) is 19.7. The van der Waals surface area contributed by atoms with E-state index in [1.54, 1.807) is 24.1 Å². The number of carbonyl (C=O) groups excluding carboxylic acids is 3. The molecule has 212 valence electrons. The monoisotopic (exact) mass is 552 g/mol. The van der Waals surface area contributed by atoms with Gasteiger partial charge in [-0.2, -0.15) is 0 Å². The maximum atomic E-state index is 13.4. The van der Waals surface area contributed by atoms with Crippen LogP contribution in [0.2, 0.25) is 0 Å². The third kappa shape index (κ3) is 6.24. The largest absolute Gasteiger partial charge is 0.465 e. The Kier molecular flexibility index (Phi) is 8.33. The van der Waals surface area contributed by atoms with Crippen LogP contribution in [0.4, 0.5) is 11.4 Å². The van der Waals surface area contributed by atoms with Crippen molar-refractivity contribution in [1.82, 2.24) is 9.80 Å². The second kappa shape index (κ2) is 12.1. The summed E-state index contributed by atoms with van der Waals surface area (Å²) in [6.45, 7) is 6.11. The fourth-order valence-corrected chi connectivity index (χ4v) is 5.25. The van der Waals surface area contributed by atoms with Crippen LogP contribution in [0.3, 0.4) is 0 Å². The van der Waals surface area contributed by atoms with Gasteiger partial charge in [0, 0.05) is 56.6 Å². The predicted molar refractivity (Wildman–Crippen MR) is 162 cm³/mol. The van der Waals surface area contributed by atoms with E-state index in [0.29, 0.717) is 23.4 Å². The van der Waals surface area contributed by atoms with Gasteiger partial charge in [0.05, 0.1) is 24.9 Å². The second-order valence-corrected chi connectivity index (χ2v) is 10.8. The molecule has 8 heteroatoms. The van der Waals surface area contributed by atoms with E-state index < -0.39 is 5.97 Å². The Morgan fingerprint density at radius 2 is 1.59 bits per heavy atom. The zero-order valence-electron chi connectivity index (χ0n) is 24.1. The third-order valence-corrected chi connectivity index (χ3v) is 7.87. The highest BCUT2D eigenvalue weighted by molar-refractivity contribution is 6.32. The number of carbonyl (C=O) groups is 3. The van der Waals surface area contributed by atoms with Gasteiger partial charge in [-0.1, -0.05) is 35.9 Å². The average molecular weight is 553 g/mol. The van der Waals surface area contributed by atoms with Crippen molar-refractivity contribution in [2.45, 2.75) is 13.3 Å². The molecule has 1 aliphatic heterocycles. The SMILES string of the molecule is COC(=O)c1ccc2c(c1)/C(=C(/Nc1ccc(N(C)C(=O)CN3CCN(C)CC3)cc1)c1ccc(C)cc1)C(=O)C2. The standard InChI is InChI=1S/C33H36N4O4/c1-22-5-7-23(8-6-22)32(31-28-19-25(33(40)41-4)10-9-24(28)20-29(31)38)34-26-11-13-27(14-12-26)36(3)30(39)21-37-17-15-35(2)16-18-37/h5-14,19,34H,15-18,20-21H2,1-4H3/b32-31-. The number of hydrogen-bond acceptors (Lipinski definition) is 7. The Bertz CT molecular complexity index is 1490. The number of allylic oxidation sites excluding steroid dienone is 1. The number of ether oxygens (including phenoxy) is 1. The molecule has 0 aromatic heterocycles. The smallest absolute Gasteiger partial charge is 0.337 e. The highest BCUT2D eigenvalue weighted by atomic mass is 16.5. The van der Waals surface area contributed by atoms with Gasteiger partial charge in [0.15, 0.2) is 5.78 Å². The summed E-state index contributed by atoms with van der Waals surface area (Å²) in [4.78, 5) is 44.8. The first kappa shape index (κ1) is 28.3. The molecule has 0 saturated carbocycles. The number of Topliss-reactive ketones (excluding diaryl/α,β-unsaturated/α-hetero) is 1. The van der Waals surface area contributed by atoms with Gasteiger partial charge >= 0.3 is 5.97 Å². The maximum Gasteiger partial charge on any atom is 0.337 e. The molecule has 2 aliphatic rings. The Morgan fingerprint density at radius 1 is 0.927 bits per heavy atom. The van der Waals surface area contributed by atoms with Crippen LogP contribution in [0.15, 0.2) is 66.7 Å². The molecule has 1 amide bonds. The minimum absolute atomic E-state index is 0.0176. The van der Waals surface area contributed by atoms with Crippen molar-refractivity contribution in [3.8, 4) is 0 Å². The molecule has 1 heterocycles. The molecule has 5 rings (SSSR count). The molecule has 0 spiro atoms. The van der Waals surface area contributed by atoms with Gasteiger partial charge in [-0.15, -0.1) is 0 Å². The number of rotatable bonds is 7. The minimum Gasteiger partial charge on any atom is -0.465 e. The zero-order valence-corrected chi connectivity index (χ0v) is 24.1. The average Bonchev–Trinajstić information content (AvgIpc) is 3.31. The predicted octanol–water partition coefficient (Wildman–Crippen LogP) is 4.10. The first-order valence-corrected chi connectivity index (χ1v) is 13.8. The number of hydrogen-bond donors (Lipinski definition) is 1. The van der Waals surface area contributed by atoms with E-state index >= 15 is 0 Å². The molecule has 1 aliphatic carbocycles. The number of aryl methyl sites for hydroxylation is 1. The first-order valence-electron chi connectivity index (χ1n) is 13.8. The Labute approximate surface area is 241 Å². The van der Waals surface area contributed by atoms with Gasteiger partial charge in [0.1, 0.15) is 0 Å². The molecule has 0 unspecified atom stereocenters. The molecular formula is C33H36N4O4. The van der Waals surface area contributed by atoms with Crippen molar-refractivity contribution in [3.05, 3.63) is 94.5 Å². The zero-order chi connectivity index (χ0) is 29.1. The quantitative estimate of drug-likeness (QED) is 0.349. The van der Waals surface area contributed by atoms with Gasteiger partial charge in [-0.3, -0.25) is 14.5 Å². The molecule has 1 saturated heterocycles. The van der Waals surface area contributed by atoms with Crippen LogP contribution in [0, 0.1) is 6.92 Å². The van der Waals surface area contributed by atoms with Crippen molar-refractivity contribution in [2.24, 2.45) is 0 Å². The summed E-state index contributed by atoms with van der Waals surface area (Å²) < 4.78 is 4.92. The van der Waals surface area contributed by atoms with E-state index in [4.69, 9.17) is 4.74 Å². The van der Waals surface area contributed by atoms with E-state index in [9.17, 15) is 14.4 Å². The molecule has 3 aromatic rings. The van der Waals surface area contributed by atoms with E-state index in [1.165, 1.54) is 7.11 Å². The molecule has 0 bridgehead atoms. The summed E-state index contributed by atoms with van der Waals surface area (Å²) in [7, 11) is 5.24. The van der Waals surface area contributed by atoms with Crippen LogP contribution < -0.4 is 10.2 Å². The van der Waals surface area contributed by atoms with E-state index in [2.05, 4.69) is 22.2 Å². The van der Waals surface area contributed by atoms with Gasteiger partial charge < -0.3 is 19.9 Å².